The van der Waals surface area contributed by atoms with Gasteiger partial charge in [0.25, 0.3) is 10.0 Å². The molecular weight excluding hydrogens is 462 g/mol. The number of sulfonamides is 1. The summed E-state index contributed by atoms with van der Waals surface area (Å²) in [7, 11) is -3.46. The fourth-order valence-corrected chi connectivity index (χ4v) is 7.49. The molecular formula is C19H22BrN3O3S2. The van der Waals surface area contributed by atoms with E-state index in [1.54, 1.807) is 12.1 Å². The number of benzene rings is 1. The van der Waals surface area contributed by atoms with Gasteiger partial charge in [0.05, 0.1) is 10.3 Å². The van der Waals surface area contributed by atoms with Gasteiger partial charge in [0.15, 0.2) is 0 Å². The number of piperazine rings is 1. The third-order valence-electron chi connectivity index (χ3n) is 5.31. The Morgan fingerprint density at radius 2 is 1.86 bits per heavy atom. The number of rotatable bonds is 4. The molecule has 0 spiro atoms. The van der Waals surface area contributed by atoms with Crippen LogP contribution in [0.15, 0.2) is 44.4 Å². The Hall–Kier alpha value is -1.26. The first-order valence-corrected chi connectivity index (χ1v) is 12.3. The maximum absolute atomic E-state index is 12.9. The van der Waals surface area contributed by atoms with Crippen molar-refractivity contribution in [2.45, 2.75) is 23.6 Å². The molecule has 1 atom stereocenters. The number of para-hydroxylation sites is 1. The van der Waals surface area contributed by atoms with Crippen LogP contribution in [0.5, 0.6) is 0 Å². The maximum atomic E-state index is 12.9. The minimum atomic E-state index is -3.46. The lowest BCUT2D eigenvalue weighted by molar-refractivity contribution is -0.120. The van der Waals surface area contributed by atoms with Crippen LogP contribution in [-0.2, 0) is 21.2 Å². The van der Waals surface area contributed by atoms with Crippen LogP contribution in [0.1, 0.15) is 12.5 Å². The minimum Gasteiger partial charge on any atom is -0.308 e. The van der Waals surface area contributed by atoms with Crippen LogP contribution >= 0.6 is 27.3 Å². The molecule has 0 radical (unpaired) electrons. The molecule has 0 N–H and O–H groups in total. The molecule has 1 saturated heterocycles. The Bertz CT molecular complexity index is 984. The van der Waals surface area contributed by atoms with E-state index in [2.05, 4.69) is 28.9 Å². The standard InChI is InChI=1S/C19H22BrN3O3S2/c1-14-12-15-4-2-3-5-16(15)23(14)18(24)13-21-8-10-22(11-9-21)28(25,26)19-7-6-17(20)27-19/h2-7,14H,8-13H2,1H3/t14-/m0/s1. The van der Waals surface area contributed by atoms with Crippen LogP contribution in [0, 0.1) is 0 Å². The van der Waals surface area contributed by atoms with E-state index in [1.807, 2.05) is 28.0 Å². The van der Waals surface area contributed by atoms with E-state index < -0.39 is 10.0 Å². The average Bonchev–Trinajstić information content (AvgIpc) is 3.25. The summed E-state index contributed by atoms with van der Waals surface area (Å²) in [5, 5.41) is 0. The predicted octanol–water partition coefficient (Wildman–Crippen LogP) is 2.79. The van der Waals surface area contributed by atoms with E-state index in [-0.39, 0.29) is 11.9 Å². The highest BCUT2D eigenvalue weighted by molar-refractivity contribution is 9.11. The van der Waals surface area contributed by atoms with Gasteiger partial charge in [0.2, 0.25) is 5.91 Å². The number of halogens is 1. The molecule has 1 aromatic carbocycles. The van der Waals surface area contributed by atoms with Gasteiger partial charge in [0.1, 0.15) is 4.21 Å². The second kappa shape index (κ2) is 7.87. The van der Waals surface area contributed by atoms with Gasteiger partial charge in [-0.05, 0) is 53.0 Å². The average molecular weight is 484 g/mol. The zero-order valence-electron chi connectivity index (χ0n) is 15.5. The Kier molecular flexibility index (Phi) is 5.63. The second-order valence-corrected chi connectivity index (χ2v) is 11.8. The number of fused-ring (bicyclic) bond motifs is 1. The van der Waals surface area contributed by atoms with Crippen LogP contribution in [0.25, 0.3) is 0 Å². The summed E-state index contributed by atoms with van der Waals surface area (Å²) in [5.41, 5.74) is 2.21. The third kappa shape index (κ3) is 3.78. The Morgan fingerprint density at radius 1 is 1.14 bits per heavy atom. The monoisotopic (exact) mass is 483 g/mol. The molecule has 0 bridgehead atoms. The fraction of sp³-hybridized carbons (Fsp3) is 0.421. The molecule has 2 aliphatic rings. The van der Waals surface area contributed by atoms with Crippen LogP contribution in [0.4, 0.5) is 5.69 Å². The van der Waals surface area contributed by atoms with Gasteiger partial charge in [0, 0.05) is 37.9 Å². The number of carbonyl (C=O) groups is 1. The van der Waals surface area contributed by atoms with E-state index in [4.69, 9.17) is 0 Å². The van der Waals surface area contributed by atoms with E-state index in [0.717, 1.165) is 15.9 Å². The van der Waals surface area contributed by atoms with Crippen LogP contribution in [-0.4, -0.2) is 62.3 Å². The van der Waals surface area contributed by atoms with Gasteiger partial charge in [-0.1, -0.05) is 18.2 Å². The van der Waals surface area contributed by atoms with Crippen molar-refractivity contribution in [2.75, 3.05) is 37.6 Å². The number of amides is 1. The zero-order chi connectivity index (χ0) is 19.9. The molecule has 4 rings (SSSR count). The van der Waals surface area contributed by atoms with E-state index >= 15 is 0 Å². The van der Waals surface area contributed by atoms with Crippen molar-refractivity contribution in [2.24, 2.45) is 0 Å². The van der Waals surface area contributed by atoms with Crippen molar-refractivity contribution >= 4 is 48.9 Å². The maximum Gasteiger partial charge on any atom is 0.252 e. The van der Waals surface area contributed by atoms with Crippen molar-refractivity contribution in [3.63, 3.8) is 0 Å². The molecule has 9 heteroatoms. The lowest BCUT2D eigenvalue weighted by atomic mass is 10.1. The first-order valence-electron chi connectivity index (χ1n) is 9.24. The zero-order valence-corrected chi connectivity index (χ0v) is 18.8. The molecule has 0 saturated carbocycles. The number of carbonyl (C=O) groups excluding carboxylic acids is 1. The molecule has 0 aliphatic carbocycles. The quantitative estimate of drug-likeness (QED) is 0.670. The molecule has 1 fully saturated rings. The molecule has 0 unspecified atom stereocenters. The van der Waals surface area contributed by atoms with Crippen molar-refractivity contribution in [3.05, 3.63) is 45.7 Å². The van der Waals surface area contributed by atoms with Gasteiger partial charge < -0.3 is 4.90 Å². The van der Waals surface area contributed by atoms with E-state index in [1.165, 1.54) is 21.2 Å². The minimum absolute atomic E-state index is 0.0796. The lowest BCUT2D eigenvalue weighted by Gasteiger charge is -2.34. The molecule has 3 heterocycles. The van der Waals surface area contributed by atoms with Crippen molar-refractivity contribution < 1.29 is 13.2 Å². The van der Waals surface area contributed by atoms with Crippen molar-refractivity contribution in [3.8, 4) is 0 Å². The smallest absolute Gasteiger partial charge is 0.252 e. The molecule has 150 valence electrons. The van der Waals surface area contributed by atoms with Gasteiger partial charge in [-0.15, -0.1) is 11.3 Å². The summed E-state index contributed by atoms with van der Waals surface area (Å²) in [6.07, 6.45) is 0.879. The van der Waals surface area contributed by atoms with Crippen LogP contribution in [0.2, 0.25) is 0 Å². The molecule has 28 heavy (non-hydrogen) atoms. The largest absolute Gasteiger partial charge is 0.308 e. The summed E-state index contributed by atoms with van der Waals surface area (Å²) in [5.74, 6) is 0.0796. The SMILES string of the molecule is C[C@H]1Cc2ccccc2N1C(=O)CN1CCN(S(=O)(=O)c2ccc(Br)s2)CC1. The predicted molar refractivity (Wildman–Crippen MR) is 114 cm³/mol. The van der Waals surface area contributed by atoms with Gasteiger partial charge in [-0.25, -0.2) is 8.42 Å². The summed E-state index contributed by atoms with van der Waals surface area (Å²) >= 11 is 4.54. The normalized spacial score (nSPS) is 21.1. The topological polar surface area (TPSA) is 60.9 Å². The first-order chi connectivity index (χ1) is 13.4. The number of nitrogens with zero attached hydrogens (tertiary/aromatic N) is 3. The molecule has 1 amide bonds. The molecule has 2 aliphatic heterocycles. The second-order valence-electron chi connectivity index (χ2n) is 7.18. The number of thiophene rings is 1. The van der Waals surface area contributed by atoms with Crippen LogP contribution < -0.4 is 4.90 Å². The van der Waals surface area contributed by atoms with Gasteiger partial charge in [-0.2, -0.15) is 4.31 Å². The lowest BCUT2D eigenvalue weighted by Crippen LogP contribution is -2.52. The van der Waals surface area contributed by atoms with Crippen molar-refractivity contribution in [1.82, 2.24) is 9.21 Å². The third-order valence-corrected chi connectivity index (χ3v) is 9.30. The van der Waals surface area contributed by atoms with Gasteiger partial charge >= 0.3 is 0 Å². The highest BCUT2D eigenvalue weighted by atomic mass is 79.9. The summed E-state index contributed by atoms with van der Waals surface area (Å²) in [6, 6.07) is 11.6. The summed E-state index contributed by atoms with van der Waals surface area (Å²) in [6.45, 7) is 4.30. The fourth-order valence-electron chi connectivity index (χ4n) is 3.90. The number of hydrogen-bond donors (Lipinski definition) is 0. The van der Waals surface area contributed by atoms with Crippen molar-refractivity contribution in [1.29, 1.82) is 0 Å². The number of anilines is 1. The Morgan fingerprint density at radius 3 is 2.54 bits per heavy atom. The van der Waals surface area contributed by atoms with E-state index in [0.29, 0.717) is 36.9 Å². The highest BCUT2D eigenvalue weighted by Crippen LogP contribution is 2.32. The van der Waals surface area contributed by atoms with E-state index in [9.17, 15) is 13.2 Å². The van der Waals surface area contributed by atoms with Crippen LogP contribution in [0.3, 0.4) is 0 Å². The highest BCUT2D eigenvalue weighted by Gasteiger charge is 2.34. The molecule has 2 aromatic rings. The Balaban J connectivity index is 1.38. The first kappa shape index (κ1) is 20.0. The molecule has 1 aromatic heterocycles. The summed E-state index contributed by atoms with van der Waals surface area (Å²) in [4.78, 5) is 16.9. The molecule has 6 nitrogen and oxygen atoms in total. The number of hydrogen-bond acceptors (Lipinski definition) is 5. The van der Waals surface area contributed by atoms with Gasteiger partial charge in [-0.3, -0.25) is 9.69 Å². The Labute approximate surface area is 177 Å². The summed E-state index contributed by atoms with van der Waals surface area (Å²) < 4.78 is 28.1.